The first-order chi connectivity index (χ1) is 13.0. The average molecular weight is 383 g/mol. The Bertz CT molecular complexity index is 997. The van der Waals surface area contributed by atoms with Crippen LogP contribution in [0.1, 0.15) is 12.5 Å². The van der Waals surface area contributed by atoms with Gasteiger partial charge in [0.25, 0.3) is 10.0 Å². The highest BCUT2D eigenvalue weighted by atomic mass is 32.2. The number of hydrogen-bond donors (Lipinski definition) is 1. The molecule has 0 aliphatic carbocycles. The van der Waals surface area contributed by atoms with Gasteiger partial charge in [0.15, 0.2) is 0 Å². The Morgan fingerprint density at radius 1 is 0.852 bits per heavy atom. The maximum absolute atomic E-state index is 12.6. The summed E-state index contributed by atoms with van der Waals surface area (Å²) in [6.45, 7) is 4.40. The zero-order valence-electron chi connectivity index (χ0n) is 15.2. The van der Waals surface area contributed by atoms with E-state index in [4.69, 9.17) is 9.47 Å². The number of nitrogens with one attached hydrogen (secondary N) is 1. The van der Waals surface area contributed by atoms with Crippen LogP contribution >= 0.6 is 0 Å². The number of rotatable bonds is 7. The Balaban J connectivity index is 1.72. The van der Waals surface area contributed by atoms with Crippen molar-refractivity contribution in [3.8, 4) is 17.2 Å². The number of anilines is 1. The van der Waals surface area contributed by atoms with E-state index in [9.17, 15) is 8.42 Å². The molecule has 1 N–H and O–H groups in total. The number of sulfonamides is 1. The predicted octanol–water partition coefficient (Wildman–Crippen LogP) is 4.99. The highest BCUT2D eigenvalue weighted by Crippen LogP contribution is 2.26. The van der Waals surface area contributed by atoms with E-state index in [1.165, 1.54) is 12.1 Å². The van der Waals surface area contributed by atoms with Gasteiger partial charge in [-0.05, 0) is 74.0 Å². The second kappa shape index (κ2) is 8.14. The van der Waals surface area contributed by atoms with Crippen LogP contribution in [0, 0.1) is 6.92 Å². The van der Waals surface area contributed by atoms with Crippen LogP contribution < -0.4 is 14.2 Å². The largest absolute Gasteiger partial charge is 0.494 e. The normalized spacial score (nSPS) is 11.0. The summed E-state index contributed by atoms with van der Waals surface area (Å²) in [6.07, 6.45) is 0. The Hall–Kier alpha value is -2.99. The first-order valence-corrected chi connectivity index (χ1v) is 10.1. The van der Waals surface area contributed by atoms with E-state index in [0.717, 1.165) is 11.3 Å². The third kappa shape index (κ3) is 4.80. The highest BCUT2D eigenvalue weighted by Gasteiger charge is 2.14. The van der Waals surface area contributed by atoms with Gasteiger partial charge in [-0.2, -0.15) is 0 Å². The zero-order valence-corrected chi connectivity index (χ0v) is 16.0. The molecule has 27 heavy (non-hydrogen) atoms. The lowest BCUT2D eigenvalue weighted by atomic mass is 10.2. The van der Waals surface area contributed by atoms with Crippen molar-refractivity contribution in [2.45, 2.75) is 18.7 Å². The lowest BCUT2D eigenvalue weighted by molar-refractivity contribution is 0.340. The van der Waals surface area contributed by atoms with Crippen molar-refractivity contribution < 1.29 is 17.9 Å². The van der Waals surface area contributed by atoms with E-state index in [1.807, 2.05) is 38.1 Å². The summed E-state index contributed by atoms with van der Waals surface area (Å²) in [4.78, 5) is 0.161. The third-order valence-corrected chi connectivity index (χ3v) is 5.27. The van der Waals surface area contributed by atoms with Crippen molar-refractivity contribution >= 4 is 15.7 Å². The number of para-hydroxylation sites is 1. The van der Waals surface area contributed by atoms with E-state index in [-0.39, 0.29) is 4.90 Å². The summed E-state index contributed by atoms with van der Waals surface area (Å²) in [5.74, 6) is 2.00. The van der Waals surface area contributed by atoms with Gasteiger partial charge < -0.3 is 9.47 Å². The maximum Gasteiger partial charge on any atom is 0.261 e. The van der Waals surface area contributed by atoms with Crippen LogP contribution in [0.5, 0.6) is 17.2 Å². The first-order valence-electron chi connectivity index (χ1n) is 8.57. The van der Waals surface area contributed by atoms with Gasteiger partial charge in [-0.25, -0.2) is 8.42 Å². The average Bonchev–Trinajstić information content (AvgIpc) is 2.66. The quantitative estimate of drug-likeness (QED) is 0.624. The lowest BCUT2D eigenvalue weighted by Crippen LogP contribution is -2.12. The molecule has 0 aliphatic rings. The fourth-order valence-electron chi connectivity index (χ4n) is 2.48. The molecule has 0 radical (unpaired) electrons. The van der Waals surface area contributed by atoms with Crippen LogP contribution in [0.2, 0.25) is 0 Å². The molecule has 0 bridgehead atoms. The highest BCUT2D eigenvalue weighted by molar-refractivity contribution is 7.92. The van der Waals surface area contributed by atoms with Gasteiger partial charge in [-0.1, -0.05) is 18.2 Å². The molecule has 6 heteroatoms. The molecule has 0 aliphatic heterocycles. The number of benzene rings is 3. The molecule has 140 valence electrons. The molecule has 5 nitrogen and oxygen atoms in total. The SMILES string of the molecule is CCOc1ccc(NS(=O)(=O)c2ccc(Oc3ccccc3C)cc2)cc1. The first kappa shape index (κ1) is 18.8. The third-order valence-electron chi connectivity index (χ3n) is 3.87. The van der Waals surface area contributed by atoms with E-state index in [1.54, 1.807) is 36.4 Å². The van der Waals surface area contributed by atoms with Crippen LogP contribution in [0.3, 0.4) is 0 Å². The minimum absolute atomic E-state index is 0.161. The van der Waals surface area contributed by atoms with Gasteiger partial charge in [0.05, 0.1) is 11.5 Å². The van der Waals surface area contributed by atoms with Crippen molar-refractivity contribution in [3.05, 3.63) is 78.4 Å². The summed E-state index contributed by atoms with van der Waals surface area (Å²) in [5, 5.41) is 0. The van der Waals surface area contributed by atoms with Crippen LogP contribution in [-0.2, 0) is 10.0 Å². The summed E-state index contributed by atoms with van der Waals surface area (Å²) >= 11 is 0. The minimum Gasteiger partial charge on any atom is -0.494 e. The van der Waals surface area contributed by atoms with Gasteiger partial charge in [-0.15, -0.1) is 0 Å². The number of ether oxygens (including phenoxy) is 2. The lowest BCUT2D eigenvalue weighted by Gasteiger charge is -2.11. The molecular formula is C21H21NO4S. The molecule has 0 saturated heterocycles. The molecule has 0 unspecified atom stereocenters. The molecule has 0 spiro atoms. The molecule has 3 aromatic rings. The molecule has 3 aromatic carbocycles. The molecule has 0 atom stereocenters. The Labute approximate surface area is 159 Å². The van der Waals surface area contributed by atoms with Gasteiger partial charge in [0.1, 0.15) is 17.2 Å². The Kier molecular flexibility index (Phi) is 5.66. The van der Waals surface area contributed by atoms with E-state index in [2.05, 4.69) is 4.72 Å². The molecule has 0 amide bonds. The summed E-state index contributed by atoms with van der Waals surface area (Å²) in [6, 6.07) is 20.7. The van der Waals surface area contributed by atoms with Crippen molar-refractivity contribution in [2.24, 2.45) is 0 Å². The summed E-state index contributed by atoms with van der Waals surface area (Å²) in [5.41, 5.74) is 1.48. The van der Waals surface area contributed by atoms with E-state index < -0.39 is 10.0 Å². The van der Waals surface area contributed by atoms with Crippen LogP contribution in [0.15, 0.2) is 77.7 Å². The Morgan fingerprint density at radius 2 is 1.48 bits per heavy atom. The number of aryl methyl sites for hydroxylation is 1. The topological polar surface area (TPSA) is 64.6 Å². The maximum atomic E-state index is 12.6. The number of hydrogen-bond acceptors (Lipinski definition) is 4. The molecule has 0 fully saturated rings. The van der Waals surface area contributed by atoms with Crippen molar-refractivity contribution in [1.29, 1.82) is 0 Å². The van der Waals surface area contributed by atoms with Gasteiger partial charge in [0, 0.05) is 5.69 Å². The summed E-state index contributed by atoms with van der Waals surface area (Å²) in [7, 11) is -3.68. The molecule has 0 heterocycles. The second-order valence-corrected chi connectivity index (χ2v) is 7.58. The molecule has 3 rings (SSSR count). The van der Waals surface area contributed by atoms with Crippen molar-refractivity contribution in [1.82, 2.24) is 0 Å². The Morgan fingerprint density at radius 3 is 2.11 bits per heavy atom. The van der Waals surface area contributed by atoms with Crippen LogP contribution in [-0.4, -0.2) is 15.0 Å². The standard InChI is InChI=1S/C21H21NO4S/c1-3-25-18-10-8-17(9-11-18)22-27(23,24)20-14-12-19(13-15-20)26-21-7-5-4-6-16(21)2/h4-15,22H,3H2,1-2H3. The van der Waals surface area contributed by atoms with Gasteiger partial charge in [0.2, 0.25) is 0 Å². The molecule has 0 aromatic heterocycles. The minimum atomic E-state index is -3.68. The van der Waals surface area contributed by atoms with Crippen LogP contribution in [0.4, 0.5) is 5.69 Å². The predicted molar refractivity (Wildman–Crippen MR) is 106 cm³/mol. The second-order valence-electron chi connectivity index (χ2n) is 5.90. The van der Waals surface area contributed by atoms with Crippen LogP contribution in [0.25, 0.3) is 0 Å². The van der Waals surface area contributed by atoms with Gasteiger partial charge in [-0.3, -0.25) is 4.72 Å². The fraction of sp³-hybridized carbons (Fsp3) is 0.143. The molecular weight excluding hydrogens is 362 g/mol. The van der Waals surface area contributed by atoms with Crippen molar-refractivity contribution in [3.63, 3.8) is 0 Å². The fourth-order valence-corrected chi connectivity index (χ4v) is 3.54. The zero-order chi connectivity index (χ0) is 19.3. The smallest absolute Gasteiger partial charge is 0.261 e. The monoisotopic (exact) mass is 383 g/mol. The molecule has 0 saturated carbocycles. The van der Waals surface area contributed by atoms with Crippen molar-refractivity contribution in [2.75, 3.05) is 11.3 Å². The van der Waals surface area contributed by atoms with Gasteiger partial charge >= 0.3 is 0 Å². The van der Waals surface area contributed by atoms with E-state index >= 15 is 0 Å². The van der Waals surface area contributed by atoms with E-state index in [0.29, 0.717) is 23.8 Å². The summed E-state index contributed by atoms with van der Waals surface area (Å²) < 4.78 is 38.8.